The van der Waals surface area contributed by atoms with Gasteiger partial charge >= 0.3 is 0 Å². The number of rotatable bonds is 5. The van der Waals surface area contributed by atoms with E-state index in [1.165, 1.54) is 0 Å². The Morgan fingerprint density at radius 2 is 1.87 bits per heavy atom. The van der Waals surface area contributed by atoms with E-state index in [1.807, 2.05) is 48.5 Å². The highest BCUT2D eigenvalue weighted by Gasteiger charge is 2.16. The molecule has 2 aromatic carbocycles. The van der Waals surface area contributed by atoms with Gasteiger partial charge in [-0.15, -0.1) is 0 Å². The summed E-state index contributed by atoms with van der Waals surface area (Å²) >= 11 is 0. The maximum atomic E-state index is 11.9. The molecule has 3 N–H and O–H groups in total. The normalized spacial score (nSPS) is 11.1. The number of carbonyl (C=O) groups excluding carboxylic acids is 1. The number of fused-ring (bicyclic) bond motifs is 1. The lowest BCUT2D eigenvalue weighted by Crippen LogP contribution is -2.17. The fourth-order valence-corrected chi connectivity index (χ4v) is 2.50. The maximum Gasteiger partial charge on any atom is 0.268 e. The van der Waals surface area contributed by atoms with E-state index in [9.17, 15) is 4.79 Å². The van der Waals surface area contributed by atoms with Crippen molar-refractivity contribution < 1.29 is 4.79 Å². The highest BCUT2D eigenvalue weighted by molar-refractivity contribution is 6.04. The van der Waals surface area contributed by atoms with Gasteiger partial charge in [-0.25, -0.2) is 4.68 Å². The van der Waals surface area contributed by atoms with Crippen LogP contribution in [0.25, 0.3) is 16.6 Å². The molecule has 23 heavy (non-hydrogen) atoms. The number of amides is 1. The van der Waals surface area contributed by atoms with Crippen molar-refractivity contribution in [2.75, 3.05) is 11.9 Å². The summed E-state index contributed by atoms with van der Waals surface area (Å²) in [5, 5.41) is 8.63. The number of nitrogens with zero attached hydrogens (tertiary/aromatic N) is 2. The molecule has 0 bridgehead atoms. The van der Waals surface area contributed by atoms with Crippen LogP contribution in [0.1, 0.15) is 24.3 Å². The molecule has 0 atom stereocenters. The lowest BCUT2D eigenvalue weighted by molar-refractivity contribution is 0.0994. The lowest BCUT2D eigenvalue weighted by Gasteiger charge is -2.10. The van der Waals surface area contributed by atoms with Crippen LogP contribution in [0.15, 0.2) is 48.5 Å². The van der Waals surface area contributed by atoms with Gasteiger partial charge in [0.05, 0.1) is 11.2 Å². The number of benzene rings is 2. The smallest absolute Gasteiger partial charge is 0.268 e. The van der Waals surface area contributed by atoms with Crippen molar-refractivity contribution in [3.05, 3.63) is 54.2 Å². The number of hydrogen-bond donors (Lipinski definition) is 2. The van der Waals surface area contributed by atoms with Crippen LogP contribution < -0.4 is 11.1 Å². The van der Waals surface area contributed by atoms with Gasteiger partial charge in [0, 0.05) is 17.6 Å². The molecule has 0 spiro atoms. The Morgan fingerprint density at radius 1 is 1.17 bits per heavy atom. The third kappa shape index (κ3) is 3.04. The molecule has 0 aliphatic carbocycles. The number of nitrogens with two attached hydrogens (primary N) is 1. The molecule has 5 heteroatoms. The first-order valence-electron chi connectivity index (χ1n) is 7.68. The summed E-state index contributed by atoms with van der Waals surface area (Å²) in [6.07, 6.45) is 0. The molecule has 3 rings (SSSR count). The van der Waals surface area contributed by atoms with Crippen molar-refractivity contribution in [3.63, 3.8) is 0 Å². The number of primary amides is 1. The van der Waals surface area contributed by atoms with E-state index in [2.05, 4.69) is 24.3 Å². The Kier molecular flexibility index (Phi) is 4.02. The van der Waals surface area contributed by atoms with E-state index in [-0.39, 0.29) is 0 Å². The van der Waals surface area contributed by atoms with E-state index in [1.54, 1.807) is 4.68 Å². The Bertz CT molecular complexity index is 834. The Morgan fingerprint density at radius 3 is 2.52 bits per heavy atom. The number of aromatic nitrogens is 2. The van der Waals surface area contributed by atoms with Crippen LogP contribution >= 0.6 is 0 Å². The average molecular weight is 308 g/mol. The highest BCUT2D eigenvalue weighted by Crippen LogP contribution is 2.22. The summed E-state index contributed by atoms with van der Waals surface area (Å²) in [7, 11) is 0. The number of carbonyl (C=O) groups is 1. The van der Waals surface area contributed by atoms with Crippen LogP contribution in [0.2, 0.25) is 0 Å². The number of hydrogen-bond acceptors (Lipinski definition) is 3. The minimum absolute atomic E-state index is 0.406. The molecule has 1 heterocycles. The lowest BCUT2D eigenvalue weighted by atomic mass is 10.2. The molecule has 0 saturated heterocycles. The maximum absolute atomic E-state index is 11.9. The van der Waals surface area contributed by atoms with Gasteiger partial charge < -0.3 is 11.1 Å². The Hall–Kier alpha value is -2.82. The number of anilines is 1. The first kappa shape index (κ1) is 15.1. The molecule has 5 nitrogen and oxygen atoms in total. The first-order valence-corrected chi connectivity index (χ1v) is 7.68. The summed E-state index contributed by atoms with van der Waals surface area (Å²) < 4.78 is 1.61. The van der Waals surface area contributed by atoms with E-state index >= 15 is 0 Å². The zero-order chi connectivity index (χ0) is 16.4. The summed E-state index contributed by atoms with van der Waals surface area (Å²) in [5.41, 5.74) is 8.57. The minimum atomic E-state index is -0.485. The quantitative estimate of drug-likeness (QED) is 0.760. The molecule has 1 amide bonds. The number of nitrogens with one attached hydrogen (secondary N) is 1. The van der Waals surface area contributed by atoms with Crippen molar-refractivity contribution in [2.45, 2.75) is 13.8 Å². The van der Waals surface area contributed by atoms with Crippen LogP contribution in [0, 0.1) is 5.92 Å². The first-order chi connectivity index (χ1) is 11.1. The standard InChI is InChI=1S/C18H20N4O/c1-12(2)11-20-13-7-9-14(10-8-13)22-17(18(19)23)15-5-3-4-6-16(15)21-22/h3-10,12,20H,11H2,1-2H3,(H2,19,23). The molecule has 0 saturated carbocycles. The fraction of sp³-hybridized carbons (Fsp3) is 0.222. The second kappa shape index (κ2) is 6.12. The summed E-state index contributed by atoms with van der Waals surface area (Å²) in [5.74, 6) is 0.0910. The summed E-state index contributed by atoms with van der Waals surface area (Å²) in [6, 6.07) is 15.3. The third-order valence-electron chi connectivity index (χ3n) is 3.64. The minimum Gasteiger partial charge on any atom is -0.385 e. The topological polar surface area (TPSA) is 72.9 Å². The molecule has 1 aromatic heterocycles. The molecular weight excluding hydrogens is 288 g/mol. The molecule has 0 aliphatic heterocycles. The second-order valence-corrected chi connectivity index (χ2v) is 5.96. The second-order valence-electron chi connectivity index (χ2n) is 5.96. The third-order valence-corrected chi connectivity index (χ3v) is 3.64. The molecular formula is C18H20N4O. The van der Waals surface area contributed by atoms with E-state index in [0.717, 1.165) is 28.8 Å². The van der Waals surface area contributed by atoms with Gasteiger partial charge in [0.15, 0.2) is 0 Å². The monoisotopic (exact) mass is 308 g/mol. The molecule has 0 aliphatic rings. The van der Waals surface area contributed by atoms with Gasteiger partial charge in [0.2, 0.25) is 0 Å². The molecule has 3 aromatic rings. The van der Waals surface area contributed by atoms with Gasteiger partial charge in [0.25, 0.3) is 5.91 Å². The predicted molar refractivity (Wildman–Crippen MR) is 92.9 cm³/mol. The van der Waals surface area contributed by atoms with E-state index in [4.69, 9.17) is 5.73 Å². The Labute approximate surface area is 135 Å². The summed E-state index contributed by atoms with van der Waals surface area (Å²) in [6.45, 7) is 5.24. The Balaban J connectivity index is 2.00. The van der Waals surface area contributed by atoms with Gasteiger partial charge in [-0.05, 0) is 36.2 Å². The predicted octanol–water partition coefficient (Wildman–Crippen LogP) is 3.19. The molecule has 0 fully saturated rings. The van der Waals surface area contributed by atoms with E-state index < -0.39 is 5.91 Å². The summed E-state index contributed by atoms with van der Waals surface area (Å²) in [4.78, 5) is 11.9. The highest BCUT2D eigenvalue weighted by atomic mass is 16.1. The zero-order valence-electron chi connectivity index (χ0n) is 13.3. The van der Waals surface area contributed by atoms with Crippen LogP contribution in [-0.2, 0) is 0 Å². The van der Waals surface area contributed by atoms with Gasteiger partial charge in [0.1, 0.15) is 5.69 Å². The zero-order valence-corrected chi connectivity index (χ0v) is 13.3. The van der Waals surface area contributed by atoms with Crippen molar-refractivity contribution in [1.82, 2.24) is 9.78 Å². The average Bonchev–Trinajstić information content (AvgIpc) is 2.93. The van der Waals surface area contributed by atoms with Crippen molar-refractivity contribution in [3.8, 4) is 5.69 Å². The SMILES string of the molecule is CC(C)CNc1ccc(-n2nc3ccccc3c2C(N)=O)cc1. The van der Waals surface area contributed by atoms with Gasteiger partial charge in [-0.2, -0.15) is 5.10 Å². The van der Waals surface area contributed by atoms with Gasteiger partial charge in [-0.1, -0.05) is 32.0 Å². The van der Waals surface area contributed by atoms with Crippen LogP contribution in [0.4, 0.5) is 5.69 Å². The molecule has 0 unspecified atom stereocenters. The van der Waals surface area contributed by atoms with Crippen molar-refractivity contribution >= 4 is 22.5 Å². The van der Waals surface area contributed by atoms with E-state index in [0.29, 0.717) is 11.6 Å². The largest absolute Gasteiger partial charge is 0.385 e. The fourth-order valence-electron chi connectivity index (χ4n) is 2.50. The molecule has 118 valence electrons. The van der Waals surface area contributed by atoms with Crippen molar-refractivity contribution in [1.29, 1.82) is 0 Å². The van der Waals surface area contributed by atoms with Crippen LogP contribution in [0.3, 0.4) is 0 Å². The molecule has 0 radical (unpaired) electrons. The van der Waals surface area contributed by atoms with Gasteiger partial charge in [-0.3, -0.25) is 4.79 Å². The van der Waals surface area contributed by atoms with Crippen LogP contribution in [-0.4, -0.2) is 22.2 Å². The van der Waals surface area contributed by atoms with Crippen molar-refractivity contribution in [2.24, 2.45) is 11.7 Å². The van der Waals surface area contributed by atoms with Crippen LogP contribution in [0.5, 0.6) is 0 Å².